The molecule has 1 aliphatic heterocycles. The first-order valence-corrected chi connectivity index (χ1v) is 15.8. The molecule has 1 aliphatic rings. The van der Waals surface area contributed by atoms with Crippen LogP contribution in [0.1, 0.15) is 53.9 Å². The number of aliphatic carboxylic acids is 1. The van der Waals surface area contributed by atoms with Crippen molar-refractivity contribution >= 4 is 23.6 Å². The van der Waals surface area contributed by atoms with Gasteiger partial charge in [0.2, 0.25) is 5.91 Å². The number of hydrogen-bond donors (Lipinski definition) is 3. The zero-order valence-electron chi connectivity index (χ0n) is 25.1. The summed E-state index contributed by atoms with van der Waals surface area (Å²) in [5.41, 5.74) is 5.72. The van der Waals surface area contributed by atoms with E-state index in [-0.39, 0.29) is 37.6 Å². The third-order valence-electron chi connectivity index (χ3n) is 7.61. The van der Waals surface area contributed by atoms with Crippen molar-refractivity contribution < 1.29 is 34.0 Å². The number of rotatable bonds is 13. The van der Waals surface area contributed by atoms with E-state index in [1.165, 1.54) is 0 Å². The minimum Gasteiger partial charge on any atom is -0.496 e. The first-order chi connectivity index (χ1) is 21.9. The third-order valence-corrected chi connectivity index (χ3v) is 8.79. The van der Waals surface area contributed by atoms with Gasteiger partial charge >= 0.3 is 5.97 Å². The lowest BCUT2D eigenvalue weighted by molar-refractivity contribution is -0.245. The zero-order chi connectivity index (χ0) is 31.6. The highest BCUT2D eigenvalue weighted by Gasteiger charge is 2.32. The van der Waals surface area contributed by atoms with E-state index in [1.54, 1.807) is 18.9 Å². The highest BCUT2D eigenvalue weighted by molar-refractivity contribution is 7.99. The Labute approximate surface area is 267 Å². The van der Waals surface area contributed by atoms with E-state index in [0.717, 1.165) is 49.8 Å². The van der Waals surface area contributed by atoms with Crippen LogP contribution in [-0.4, -0.2) is 41.1 Å². The number of amides is 1. The second-order valence-electron chi connectivity index (χ2n) is 10.8. The average Bonchev–Trinajstić information content (AvgIpc) is 3.09. The lowest BCUT2D eigenvalue weighted by Gasteiger charge is -2.36. The van der Waals surface area contributed by atoms with Gasteiger partial charge in [0.25, 0.3) is 0 Å². The fraction of sp³-hybridized carbons (Fsp3) is 0.278. The number of carbonyl (C=O) groups excluding carboxylic acids is 1. The summed E-state index contributed by atoms with van der Waals surface area (Å²) in [6.45, 7) is 0.315. The van der Waals surface area contributed by atoms with Gasteiger partial charge in [0.15, 0.2) is 6.29 Å². The minimum absolute atomic E-state index is 0.00754. The molecule has 3 N–H and O–H groups in total. The summed E-state index contributed by atoms with van der Waals surface area (Å²) in [6, 6.07) is 31.8. The largest absolute Gasteiger partial charge is 0.496 e. The van der Waals surface area contributed by atoms with Crippen molar-refractivity contribution in [3.63, 3.8) is 0 Å². The molecule has 4 aromatic rings. The van der Waals surface area contributed by atoms with Crippen LogP contribution in [0.5, 0.6) is 5.75 Å². The van der Waals surface area contributed by atoms with Gasteiger partial charge in [-0.1, -0.05) is 78.9 Å². The molecular weight excluding hydrogens is 590 g/mol. The Morgan fingerprint density at radius 3 is 2.36 bits per heavy atom. The Balaban J connectivity index is 1.29. The fourth-order valence-corrected chi connectivity index (χ4v) is 6.20. The number of ether oxygens (including phenoxy) is 3. The normalized spacial score (nSPS) is 17.9. The predicted octanol–water partition coefficient (Wildman–Crippen LogP) is 6.67. The molecule has 9 heteroatoms. The maximum absolute atomic E-state index is 12.0. The number of thioether (sulfide) groups is 1. The molecule has 1 amide bonds. The average molecular weight is 628 g/mol. The van der Waals surface area contributed by atoms with Crippen LogP contribution in [0.4, 0.5) is 0 Å². The van der Waals surface area contributed by atoms with Crippen molar-refractivity contribution in [2.24, 2.45) is 0 Å². The van der Waals surface area contributed by atoms with Gasteiger partial charge in [0.1, 0.15) is 5.75 Å². The van der Waals surface area contributed by atoms with Crippen molar-refractivity contribution in [1.29, 1.82) is 0 Å². The number of methoxy groups -OCH3 is 1. The maximum Gasteiger partial charge on any atom is 0.303 e. The van der Waals surface area contributed by atoms with Crippen molar-refractivity contribution in [2.75, 3.05) is 12.9 Å². The molecule has 4 aromatic carbocycles. The number of nitrogens with one attached hydrogen (secondary N) is 1. The summed E-state index contributed by atoms with van der Waals surface area (Å²) in [5, 5.41) is 21.1. The number of hydrogen-bond acceptors (Lipinski definition) is 7. The molecule has 3 atom stereocenters. The number of para-hydroxylation sites is 1. The Bertz CT molecular complexity index is 1580. The minimum atomic E-state index is -0.992. The molecule has 45 heavy (non-hydrogen) atoms. The summed E-state index contributed by atoms with van der Waals surface area (Å²) in [5.74, 6) is 0.280. The molecule has 234 valence electrons. The molecule has 0 radical (unpaired) electrons. The van der Waals surface area contributed by atoms with Gasteiger partial charge in [0.05, 0.1) is 32.3 Å². The summed E-state index contributed by atoms with van der Waals surface area (Å²) >= 11 is 1.70. The molecule has 0 bridgehead atoms. The summed E-state index contributed by atoms with van der Waals surface area (Å²) in [7, 11) is 1.68. The van der Waals surface area contributed by atoms with Gasteiger partial charge in [-0.25, -0.2) is 0 Å². The zero-order valence-corrected chi connectivity index (χ0v) is 25.9. The van der Waals surface area contributed by atoms with Gasteiger partial charge in [0, 0.05) is 35.6 Å². The number of carbonyl (C=O) groups is 2. The van der Waals surface area contributed by atoms with Crippen molar-refractivity contribution in [3.05, 3.63) is 119 Å². The third kappa shape index (κ3) is 8.95. The summed E-state index contributed by atoms with van der Waals surface area (Å²) in [6.07, 6.45) is -0.369. The van der Waals surface area contributed by atoms with Gasteiger partial charge in [-0.2, -0.15) is 0 Å². The van der Waals surface area contributed by atoms with E-state index in [0.29, 0.717) is 13.0 Å². The van der Waals surface area contributed by atoms with Crippen LogP contribution in [0.2, 0.25) is 0 Å². The Kier molecular flexibility index (Phi) is 11.3. The van der Waals surface area contributed by atoms with E-state index in [9.17, 15) is 14.7 Å². The highest BCUT2D eigenvalue weighted by atomic mass is 32.2. The number of carboxylic acid groups (broad SMARTS) is 1. The molecule has 1 heterocycles. The van der Waals surface area contributed by atoms with E-state index >= 15 is 0 Å². The van der Waals surface area contributed by atoms with Gasteiger partial charge in [-0.3, -0.25) is 9.59 Å². The SMILES string of the molecule is COc1ccccc1SCC1CC(c2ccc(CO)cc2)OC(c2ccc(-c3cccc(CNC(=O)CCC(=O)O)c3)cc2)O1. The quantitative estimate of drug-likeness (QED) is 0.141. The Morgan fingerprint density at radius 1 is 0.867 bits per heavy atom. The molecule has 0 aliphatic carbocycles. The smallest absolute Gasteiger partial charge is 0.303 e. The number of aliphatic hydroxyl groups is 1. The standard InChI is InChI=1S/C36H37NO7S/c1-42-31-7-2-3-8-33(31)45-23-30-20-32(27-11-9-24(22-38)10-12-27)44-36(43-30)28-15-13-26(14-16-28)29-6-4-5-25(19-29)21-37-34(39)17-18-35(40)41/h2-16,19,30,32,36,38H,17-18,20-23H2,1H3,(H,37,39)(H,40,41). The molecule has 0 spiro atoms. The van der Waals surface area contributed by atoms with Crippen LogP contribution < -0.4 is 10.1 Å². The van der Waals surface area contributed by atoms with Crippen molar-refractivity contribution in [2.45, 2.75) is 55.8 Å². The number of benzene rings is 4. The lowest BCUT2D eigenvalue weighted by Crippen LogP contribution is -2.31. The van der Waals surface area contributed by atoms with Gasteiger partial charge in [-0.15, -0.1) is 11.8 Å². The maximum atomic E-state index is 12.0. The Morgan fingerprint density at radius 2 is 1.62 bits per heavy atom. The lowest BCUT2D eigenvalue weighted by atomic mass is 9.99. The topological polar surface area (TPSA) is 114 Å². The first-order valence-electron chi connectivity index (χ1n) is 14.9. The predicted molar refractivity (Wildman–Crippen MR) is 173 cm³/mol. The van der Waals surface area contributed by atoms with Crippen LogP contribution in [0, 0.1) is 0 Å². The van der Waals surface area contributed by atoms with Crippen LogP contribution in [0.25, 0.3) is 11.1 Å². The molecule has 1 saturated heterocycles. The fourth-order valence-electron chi connectivity index (χ4n) is 5.15. The second kappa shape index (κ2) is 15.7. The van der Waals surface area contributed by atoms with Crippen LogP contribution in [-0.2, 0) is 32.2 Å². The van der Waals surface area contributed by atoms with E-state index < -0.39 is 12.3 Å². The summed E-state index contributed by atoms with van der Waals surface area (Å²) < 4.78 is 18.6. The molecule has 3 unspecified atom stereocenters. The first kappa shape index (κ1) is 32.2. The van der Waals surface area contributed by atoms with Crippen LogP contribution in [0.3, 0.4) is 0 Å². The van der Waals surface area contributed by atoms with Crippen molar-refractivity contribution in [3.8, 4) is 16.9 Å². The molecule has 0 saturated carbocycles. The number of carboxylic acids is 1. The van der Waals surface area contributed by atoms with Crippen LogP contribution in [0.15, 0.2) is 102 Å². The Hall–Kier alpha value is -4.15. The summed E-state index contributed by atoms with van der Waals surface area (Å²) in [4.78, 5) is 23.7. The molecule has 1 fully saturated rings. The molecule has 5 rings (SSSR count). The molecule has 0 aromatic heterocycles. The second-order valence-corrected chi connectivity index (χ2v) is 11.9. The van der Waals surface area contributed by atoms with E-state index in [1.807, 2.05) is 97.1 Å². The van der Waals surface area contributed by atoms with E-state index in [2.05, 4.69) is 5.32 Å². The van der Waals surface area contributed by atoms with Crippen molar-refractivity contribution in [1.82, 2.24) is 5.32 Å². The molecule has 8 nitrogen and oxygen atoms in total. The number of aliphatic hydroxyl groups excluding tert-OH is 1. The van der Waals surface area contributed by atoms with E-state index in [4.69, 9.17) is 19.3 Å². The highest BCUT2D eigenvalue weighted by Crippen LogP contribution is 2.40. The van der Waals surface area contributed by atoms with Gasteiger partial charge in [-0.05, 0) is 46.0 Å². The monoisotopic (exact) mass is 627 g/mol. The van der Waals surface area contributed by atoms with Crippen LogP contribution >= 0.6 is 11.8 Å². The molecular formula is C36H37NO7S. The van der Waals surface area contributed by atoms with Gasteiger partial charge < -0.3 is 29.7 Å².